The van der Waals surface area contributed by atoms with E-state index in [2.05, 4.69) is 5.32 Å². The summed E-state index contributed by atoms with van der Waals surface area (Å²) in [5, 5.41) is 7.65. The molecule has 1 saturated carbocycles. The molecule has 0 amide bonds. The first-order valence-corrected chi connectivity index (χ1v) is 14.2. The molecule has 3 heterocycles. The predicted molar refractivity (Wildman–Crippen MR) is 136 cm³/mol. The van der Waals surface area contributed by atoms with Crippen LogP contribution in [0.5, 0.6) is 0 Å². The lowest BCUT2D eigenvalue weighted by Gasteiger charge is -2.32. The second kappa shape index (κ2) is 8.90. The van der Waals surface area contributed by atoms with Gasteiger partial charge in [-0.3, -0.25) is 0 Å². The number of sulfone groups is 1. The van der Waals surface area contributed by atoms with Crippen molar-refractivity contribution in [1.29, 1.82) is 0 Å². The van der Waals surface area contributed by atoms with Crippen LogP contribution in [0.25, 0.3) is 0 Å². The van der Waals surface area contributed by atoms with Gasteiger partial charge >= 0.3 is 7.12 Å². The molecule has 1 N–H and O–H groups in total. The number of anilines is 2. The van der Waals surface area contributed by atoms with Gasteiger partial charge in [0.05, 0.1) is 21.3 Å². The lowest BCUT2D eigenvalue weighted by atomic mass is 9.79. The lowest BCUT2D eigenvalue weighted by molar-refractivity contribution is -0.0404. The quantitative estimate of drug-likeness (QED) is 0.592. The monoisotopic (exact) mass is 501 g/mol. The van der Waals surface area contributed by atoms with Crippen LogP contribution < -0.4 is 10.8 Å². The minimum absolute atomic E-state index is 0.0559. The van der Waals surface area contributed by atoms with Crippen molar-refractivity contribution in [3.63, 3.8) is 0 Å². The highest BCUT2D eigenvalue weighted by molar-refractivity contribution is 7.92. The Balaban J connectivity index is 1.47. The van der Waals surface area contributed by atoms with E-state index in [-0.39, 0.29) is 16.4 Å². The van der Waals surface area contributed by atoms with Gasteiger partial charge in [0.25, 0.3) is 0 Å². The van der Waals surface area contributed by atoms with Crippen molar-refractivity contribution in [3.8, 4) is 0 Å². The average Bonchev–Trinajstić information content (AvgIpc) is 3.21. The van der Waals surface area contributed by atoms with Gasteiger partial charge in [0.1, 0.15) is 0 Å². The number of nitrogens with one attached hydrogen (secondary N) is 1. The largest absolute Gasteiger partial charge is 0.496 e. The fourth-order valence-corrected chi connectivity index (χ4v) is 6.89. The van der Waals surface area contributed by atoms with Crippen molar-refractivity contribution in [3.05, 3.63) is 30.0 Å². The average molecular weight is 501 g/mol. The number of hydrogen-bond donors (Lipinski definition) is 1. The van der Waals surface area contributed by atoms with Gasteiger partial charge in [0.15, 0.2) is 21.9 Å². The molecule has 2 aliphatic heterocycles. The number of rotatable bonds is 6. The molecule has 0 bridgehead atoms. The molecule has 1 aliphatic carbocycles. The maximum atomic E-state index is 13.6. The summed E-state index contributed by atoms with van der Waals surface area (Å²) < 4.78 is 47.5. The molecule has 1 unspecified atom stereocenters. The summed E-state index contributed by atoms with van der Waals surface area (Å²) in [6.45, 7) is 10.6. The highest BCUT2D eigenvalue weighted by atomic mass is 32.2. The zero-order valence-electron chi connectivity index (χ0n) is 21.3. The molecule has 0 spiro atoms. The highest BCUT2D eigenvalue weighted by Crippen LogP contribution is 2.38. The molecule has 10 heteroatoms. The Kier molecular flexibility index (Phi) is 6.31. The molecule has 5 rings (SSSR count). The topological polar surface area (TPSA) is 91.7 Å². The number of ether oxygens (including phenoxy) is 1. The third kappa shape index (κ3) is 4.54. The number of hydrogen-bond acceptors (Lipinski definition) is 7. The zero-order chi connectivity index (χ0) is 25.0. The Hall–Kier alpha value is -1.88. The van der Waals surface area contributed by atoms with E-state index >= 15 is 0 Å². The van der Waals surface area contributed by atoms with Crippen molar-refractivity contribution in [2.24, 2.45) is 0 Å². The summed E-state index contributed by atoms with van der Waals surface area (Å²) >= 11 is 0. The summed E-state index contributed by atoms with van der Waals surface area (Å²) in [7, 11) is -4.27. The van der Waals surface area contributed by atoms with Crippen LogP contribution in [0.15, 0.2) is 29.2 Å². The van der Waals surface area contributed by atoms with Crippen molar-refractivity contribution in [2.75, 3.05) is 11.9 Å². The Morgan fingerprint density at radius 3 is 2.34 bits per heavy atom. The van der Waals surface area contributed by atoms with Crippen LogP contribution in [0, 0.1) is 6.92 Å². The van der Waals surface area contributed by atoms with E-state index in [1.165, 1.54) is 0 Å². The Morgan fingerprint density at radius 1 is 1.03 bits per heavy atom. The maximum Gasteiger partial charge on any atom is 0.496 e. The van der Waals surface area contributed by atoms with Crippen molar-refractivity contribution in [1.82, 2.24) is 9.78 Å². The van der Waals surface area contributed by atoms with E-state index in [1.54, 1.807) is 6.07 Å². The second-order valence-electron chi connectivity index (χ2n) is 11.0. The Labute approximate surface area is 208 Å². The first kappa shape index (κ1) is 24.8. The van der Waals surface area contributed by atoms with Gasteiger partial charge < -0.3 is 19.4 Å². The number of aryl methyl sites for hydroxylation is 1. The van der Waals surface area contributed by atoms with Crippen LogP contribution in [0.1, 0.15) is 78.1 Å². The van der Waals surface area contributed by atoms with Crippen LogP contribution in [0.3, 0.4) is 0 Å². The minimum atomic E-state index is -3.53. The standard InChI is InChI=1S/C25H36BN3O5S/c1-17-15-22(28-29(17)23-11-6-7-14-32-23)27-18-12-13-20(26-33-24(2,3)25(4,5)34-26)21(16-18)35(30,31)19-9-8-10-19/h12-13,15-16,19,23H,6-11,14H2,1-5H3,(H,27,28). The van der Waals surface area contributed by atoms with Gasteiger partial charge in [-0.1, -0.05) is 12.5 Å². The highest BCUT2D eigenvalue weighted by Gasteiger charge is 2.53. The fourth-order valence-electron chi connectivity index (χ4n) is 4.79. The molecule has 3 aliphatic rings. The number of nitrogens with zero attached hydrogens (tertiary/aromatic N) is 2. The molecule has 1 atom stereocenters. The summed E-state index contributed by atoms with van der Waals surface area (Å²) in [6, 6.07) is 7.34. The van der Waals surface area contributed by atoms with E-state index in [4.69, 9.17) is 19.1 Å². The minimum Gasteiger partial charge on any atom is -0.399 e. The van der Waals surface area contributed by atoms with Crippen molar-refractivity contribution >= 4 is 33.9 Å². The van der Waals surface area contributed by atoms with Crippen LogP contribution in [0.4, 0.5) is 11.5 Å². The van der Waals surface area contributed by atoms with Gasteiger partial charge in [-0.15, -0.1) is 0 Å². The smallest absolute Gasteiger partial charge is 0.399 e. The Bertz CT molecular complexity index is 1180. The molecule has 2 saturated heterocycles. The molecule has 35 heavy (non-hydrogen) atoms. The fraction of sp³-hybridized carbons (Fsp3) is 0.640. The van der Waals surface area contributed by atoms with E-state index in [0.717, 1.165) is 38.0 Å². The molecule has 2 aromatic rings. The van der Waals surface area contributed by atoms with Crippen LogP contribution in [-0.4, -0.2) is 48.4 Å². The normalized spacial score (nSPS) is 24.4. The van der Waals surface area contributed by atoms with Crippen molar-refractivity contribution in [2.45, 2.75) is 101 Å². The van der Waals surface area contributed by atoms with Gasteiger partial charge in [-0.05, 0) is 78.9 Å². The van der Waals surface area contributed by atoms with Crippen LogP contribution >= 0.6 is 0 Å². The first-order valence-electron chi connectivity index (χ1n) is 12.7. The Morgan fingerprint density at radius 2 is 1.74 bits per heavy atom. The van der Waals surface area contributed by atoms with E-state index in [1.807, 2.05) is 57.5 Å². The third-order valence-corrected chi connectivity index (χ3v) is 10.3. The first-order chi connectivity index (χ1) is 16.5. The summed E-state index contributed by atoms with van der Waals surface area (Å²) in [6.07, 6.45) is 5.40. The van der Waals surface area contributed by atoms with Crippen LogP contribution in [0.2, 0.25) is 0 Å². The number of aromatic nitrogens is 2. The summed E-state index contributed by atoms with van der Waals surface area (Å²) in [5.41, 5.74) is 1.10. The summed E-state index contributed by atoms with van der Waals surface area (Å²) in [4.78, 5) is 0.275. The second-order valence-corrected chi connectivity index (χ2v) is 13.2. The van der Waals surface area contributed by atoms with Crippen molar-refractivity contribution < 1.29 is 22.5 Å². The molecule has 1 aromatic heterocycles. The van der Waals surface area contributed by atoms with Gasteiger partial charge in [-0.2, -0.15) is 5.10 Å². The number of benzene rings is 1. The van der Waals surface area contributed by atoms with E-state index < -0.39 is 28.2 Å². The molecule has 3 fully saturated rings. The SMILES string of the molecule is Cc1cc(Nc2ccc(B3OC(C)(C)C(C)(C)O3)c(S(=O)(=O)C3CCC3)c2)nn1C1CCCCO1. The molecule has 1 aromatic carbocycles. The molecule has 0 radical (unpaired) electrons. The van der Waals surface area contributed by atoms with E-state index in [0.29, 0.717) is 29.8 Å². The molecule has 190 valence electrons. The van der Waals surface area contributed by atoms with Gasteiger partial charge in [0, 0.05) is 29.5 Å². The van der Waals surface area contributed by atoms with Gasteiger partial charge in [0.2, 0.25) is 0 Å². The maximum absolute atomic E-state index is 13.6. The third-order valence-electron chi connectivity index (χ3n) is 7.94. The zero-order valence-corrected chi connectivity index (χ0v) is 22.2. The lowest BCUT2D eigenvalue weighted by Crippen LogP contribution is -2.41. The molecule has 8 nitrogen and oxygen atoms in total. The summed E-state index contributed by atoms with van der Waals surface area (Å²) in [5.74, 6) is 0.659. The van der Waals surface area contributed by atoms with Gasteiger partial charge in [-0.25, -0.2) is 13.1 Å². The molecular weight excluding hydrogens is 465 g/mol. The molecular formula is C25H36BN3O5S. The van der Waals surface area contributed by atoms with E-state index in [9.17, 15) is 8.42 Å². The van der Waals surface area contributed by atoms with Crippen LogP contribution in [-0.2, 0) is 23.9 Å². The predicted octanol–water partition coefficient (Wildman–Crippen LogP) is 4.26.